The van der Waals surface area contributed by atoms with E-state index in [9.17, 15) is 14.7 Å². The van der Waals surface area contributed by atoms with Crippen LogP contribution in [-0.2, 0) is 6.54 Å². The largest absolute Gasteiger partial charge is 0.395 e. The SMILES string of the molecule is CC(C)N1CCC(NC(=O)c2cc(C(=O)N3CCN(CCO)CC3)n(Cc3cc(-c4ccc(Cl)s4)on3)n2)CC1. The summed E-state index contributed by atoms with van der Waals surface area (Å²) in [5, 5.41) is 21.1. The van der Waals surface area contributed by atoms with Crippen LogP contribution in [0, 0.1) is 0 Å². The van der Waals surface area contributed by atoms with E-state index in [1.54, 1.807) is 27.8 Å². The summed E-state index contributed by atoms with van der Waals surface area (Å²) in [6.07, 6.45) is 1.76. The van der Waals surface area contributed by atoms with Gasteiger partial charge >= 0.3 is 0 Å². The lowest BCUT2D eigenvalue weighted by molar-refractivity contribution is 0.0603. The van der Waals surface area contributed by atoms with E-state index in [1.165, 1.54) is 11.3 Å². The Morgan fingerprint density at radius 2 is 1.90 bits per heavy atom. The summed E-state index contributed by atoms with van der Waals surface area (Å²) in [5.41, 5.74) is 1.12. The second-order valence-electron chi connectivity index (χ2n) is 10.6. The van der Waals surface area contributed by atoms with Crippen molar-refractivity contribution in [3.8, 4) is 10.6 Å². The highest BCUT2D eigenvalue weighted by molar-refractivity contribution is 7.19. The molecule has 0 radical (unpaired) electrons. The third kappa shape index (κ3) is 6.74. The molecule has 0 unspecified atom stereocenters. The Morgan fingerprint density at radius 1 is 1.15 bits per heavy atom. The summed E-state index contributed by atoms with van der Waals surface area (Å²) in [4.78, 5) is 34.0. The van der Waals surface area contributed by atoms with Gasteiger partial charge in [0.15, 0.2) is 11.5 Å². The Bertz CT molecular complexity index is 1310. The van der Waals surface area contributed by atoms with Crippen LogP contribution in [0.5, 0.6) is 0 Å². The number of aliphatic hydroxyl groups excluding tert-OH is 1. The molecule has 3 aromatic heterocycles. The van der Waals surface area contributed by atoms with E-state index in [-0.39, 0.29) is 36.7 Å². The molecule has 0 atom stereocenters. The molecule has 216 valence electrons. The first-order valence-electron chi connectivity index (χ1n) is 13.8. The standard InChI is InChI=1S/C27H36ClN7O4S/c1-18(2)33-7-5-19(6-8-33)29-26(37)21-16-22(27(38)34-11-9-32(10-12-34)13-14-36)35(30-21)17-20-15-23(39-31-20)24-3-4-25(28)40-24/h3-4,15-16,18-19,36H,5-14,17H2,1-2H3,(H,29,37). The maximum absolute atomic E-state index is 13.6. The lowest BCUT2D eigenvalue weighted by Crippen LogP contribution is -2.49. The molecule has 2 saturated heterocycles. The molecule has 40 heavy (non-hydrogen) atoms. The average molecular weight is 590 g/mol. The zero-order valence-electron chi connectivity index (χ0n) is 22.9. The van der Waals surface area contributed by atoms with Gasteiger partial charge in [0.05, 0.1) is 22.4 Å². The van der Waals surface area contributed by atoms with Crippen LogP contribution in [0.15, 0.2) is 28.8 Å². The van der Waals surface area contributed by atoms with Crippen LogP contribution in [-0.4, -0.2) is 111 Å². The fraction of sp³-hybridized carbons (Fsp3) is 0.556. The van der Waals surface area contributed by atoms with E-state index in [0.717, 1.165) is 30.8 Å². The minimum atomic E-state index is -0.280. The molecule has 2 aliphatic heterocycles. The highest BCUT2D eigenvalue weighted by Gasteiger charge is 2.29. The summed E-state index contributed by atoms with van der Waals surface area (Å²) >= 11 is 7.46. The summed E-state index contributed by atoms with van der Waals surface area (Å²) < 4.78 is 7.72. The molecular formula is C27H36ClN7O4S. The van der Waals surface area contributed by atoms with Gasteiger partial charge in [0.25, 0.3) is 11.8 Å². The maximum Gasteiger partial charge on any atom is 0.272 e. The minimum Gasteiger partial charge on any atom is -0.395 e. The quantitative estimate of drug-likeness (QED) is 0.391. The molecule has 0 aliphatic carbocycles. The molecule has 0 saturated carbocycles. The number of hydrogen-bond donors (Lipinski definition) is 2. The van der Waals surface area contributed by atoms with Crippen LogP contribution >= 0.6 is 22.9 Å². The Kier molecular flexibility index (Phi) is 9.21. The predicted octanol–water partition coefficient (Wildman–Crippen LogP) is 2.65. The number of halogens is 1. The van der Waals surface area contributed by atoms with Crippen molar-refractivity contribution >= 4 is 34.8 Å². The van der Waals surface area contributed by atoms with E-state index in [2.05, 4.69) is 39.2 Å². The zero-order chi connectivity index (χ0) is 28.2. The van der Waals surface area contributed by atoms with Crippen molar-refractivity contribution < 1.29 is 19.2 Å². The van der Waals surface area contributed by atoms with Crippen molar-refractivity contribution in [2.24, 2.45) is 0 Å². The number of rotatable bonds is 9. The average Bonchev–Trinajstić information content (AvgIpc) is 3.70. The zero-order valence-corrected chi connectivity index (χ0v) is 24.5. The summed E-state index contributed by atoms with van der Waals surface area (Å²) in [6, 6.07) is 7.61. The number of piperazine rings is 1. The molecule has 0 bridgehead atoms. The number of nitrogens with one attached hydrogen (secondary N) is 1. The number of nitrogens with zero attached hydrogens (tertiary/aromatic N) is 6. The van der Waals surface area contributed by atoms with Gasteiger partial charge in [0, 0.05) is 70.0 Å². The van der Waals surface area contributed by atoms with E-state index in [1.807, 2.05) is 6.07 Å². The number of hydrogen-bond acceptors (Lipinski definition) is 9. The Hall–Kier alpha value is -2.77. The molecule has 3 aromatic rings. The number of piperidine rings is 1. The third-order valence-corrected chi connectivity index (χ3v) is 8.83. The Labute approximate surface area is 242 Å². The summed E-state index contributed by atoms with van der Waals surface area (Å²) in [7, 11) is 0. The molecule has 11 nitrogen and oxygen atoms in total. The number of aromatic nitrogens is 3. The smallest absolute Gasteiger partial charge is 0.272 e. The fourth-order valence-electron chi connectivity index (χ4n) is 5.22. The number of aliphatic hydroxyl groups is 1. The monoisotopic (exact) mass is 589 g/mol. The molecule has 2 fully saturated rings. The normalized spacial score (nSPS) is 17.6. The van der Waals surface area contributed by atoms with Gasteiger partial charge in [-0.25, -0.2) is 0 Å². The van der Waals surface area contributed by atoms with Gasteiger partial charge in [-0.15, -0.1) is 11.3 Å². The van der Waals surface area contributed by atoms with Crippen molar-refractivity contribution in [3.63, 3.8) is 0 Å². The molecule has 13 heteroatoms. The number of likely N-dealkylation sites (tertiary alicyclic amines) is 1. The van der Waals surface area contributed by atoms with Gasteiger partial charge in [-0.05, 0) is 38.8 Å². The molecule has 5 rings (SSSR count). The first-order valence-corrected chi connectivity index (χ1v) is 15.0. The maximum atomic E-state index is 13.6. The van der Waals surface area contributed by atoms with Crippen molar-refractivity contribution in [2.45, 2.75) is 45.3 Å². The Morgan fingerprint density at radius 3 is 2.55 bits per heavy atom. The first kappa shape index (κ1) is 28.7. The summed E-state index contributed by atoms with van der Waals surface area (Å²) in [5.74, 6) is 0.115. The molecule has 2 aliphatic rings. The van der Waals surface area contributed by atoms with Crippen LogP contribution in [0.2, 0.25) is 4.34 Å². The highest BCUT2D eigenvalue weighted by Crippen LogP contribution is 2.31. The van der Waals surface area contributed by atoms with Gasteiger partial charge in [0.1, 0.15) is 11.4 Å². The number of carbonyl (C=O) groups is 2. The lowest BCUT2D eigenvalue weighted by Gasteiger charge is -2.34. The fourth-order valence-corrected chi connectivity index (χ4v) is 6.21. The van der Waals surface area contributed by atoms with Crippen LogP contribution in [0.25, 0.3) is 10.6 Å². The van der Waals surface area contributed by atoms with Crippen LogP contribution in [0.4, 0.5) is 0 Å². The molecule has 5 heterocycles. The van der Waals surface area contributed by atoms with Gasteiger partial charge in [-0.2, -0.15) is 5.10 Å². The van der Waals surface area contributed by atoms with Crippen molar-refractivity contribution in [3.05, 3.63) is 45.7 Å². The van der Waals surface area contributed by atoms with Gasteiger partial charge in [0.2, 0.25) is 0 Å². The molecule has 2 amide bonds. The second kappa shape index (κ2) is 12.8. The van der Waals surface area contributed by atoms with Gasteiger partial charge < -0.3 is 24.7 Å². The third-order valence-electron chi connectivity index (χ3n) is 7.59. The van der Waals surface area contributed by atoms with Crippen molar-refractivity contribution in [1.29, 1.82) is 0 Å². The topological polar surface area (TPSA) is 120 Å². The molecular weight excluding hydrogens is 554 g/mol. The molecule has 2 N–H and O–H groups in total. The molecule has 0 spiro atoms. The van der Waals surface area contributed by atoms with E-state index < -0.39 is 0 Å². The second-order valence-corrected chi connectivity index (χ2v) is 12.3. The summed E-state index contributed by atoms with van der Waals surface area (Å²) in [6.45, 7) is 9.53. The van der Waals surface area contributed by atoms with Gasteiger partial charge in [-0.3, -0.25) is 19.2 Å². The van der Waals surface area contributed by atoms with Crippen LogP contribution in [0.3, 0.4) is 0 Å². The lowest BCUT2D eigenvalue weighted by atomic mass is 10.0. The van der Waals surface area contributed by atoms with Crippen molar-refractivity contribution in [2.75, 3.05) is 52.4 Å². The number of amides is 2. The van der Waals surface area contributed by atoms with Crippen LogP contribution < -0.4 is 5.32 Å². The number of β-amino-alcohol motifs (C(OH)–C–C–N with tert-alkyl or cyclic N) is 1. The predicted molar refractivity (Wildman–Crippen MR) is 153 cm³/mol. The highest BCUT2D eigenvalue weighted by atomic mass is 35.5. The minimum absolute atomic E-state index is 0.0714. The van der Waals surface area contributed by atoms with Gasteiger partial charge in [-0.1, -0.05) is 16.8 Å². The number of carbonyl (C=O) groups excluding carboxylic acids is 2. The first-order chi connectivity index (χ1) is 19.3. The van der Waals surface area contributed by atoms with E-state index in [0.29, 0.717) is 60.3 Å². The van der Waals surface area contributed by atoms with E-state index in [4.69, 9.17) is 16.1 Å². The van der Waals surface area contributed by atoms with Crippen molar-refractivity contribution in [1.82, 2.24) is 35.0 Å². The number of thiophene rings is 1. The van der Waals surface area contributed by atoms with E-state index >= 15 is 0 Å². The molecule has 0 aromatic carbocycles. The van der Waals surface area contributed by atoms with Crippen LogP contribution in [0.1, 0.15) is 53.4 Å². The Balaban J connectivity index is 1.33.